The molecule has 19 heavy (non-hydrogen) atoms. The maximum absolute atomic E-state index is 10.9. The predicted molar refractivity (Wildman–Crippen MR) is 78.4 cm³/mol. The molecule has 0 radical (unpaired) electrons. The SMILES string of the molecule is Cc1ccc(C)c(CC2(O)Cc3ccccc3C2)c1. The topological polar surface area (TPSA) is 20.2 Å². The van der Waals surface area contributed by atoms with Crippen LogP contribution in [0, 0.1) is 13.8 Å². The number of benzene rings is 2. The molecular weight excluding hydrogens is 232 g/mol. The third kappa shape index (κ3) is 2.43. The lowest BCUT2D eigenvalue weighted by molar-refractivity contribution is 0.0516. The molecule has 1 aliphatic carbocycles. The highest BCUT2D eigenvalue weighted by Gasteiger charge is 2.35. The van der Waals surface area contributed by atoms with Gasteiger partial charge in [-0.15, -0.1) is 0 Å². The lowest BCUT2D eigenvalue weighted by Crippen LogP contribution is -2.32. The van der Waals surface area contributed by atoms with E-state index in [1.54, 1.807) is 0 Å². The molecule has 0 bridgehead atoms. The van der Waals surface area contributed by atoms with Crippen LogP contribution in [-0.4, -0.2) is 10.7 Å². The van der Waals surface area contributed by atoms with Crippen molar-refractivity contribution in [3.05, 3.63) is 70.3 Å². The first-order valence-corrected chi connectivity index (χ1v) is 6.91. The molecule has 1 nitrogen and oxygen atoms in total. The zero-order chi connectivity index (χ0) is 13.5. The zero-order valence-corrected chi connectivity index (χ0v) is 11.6. The Labute approximate surface area is 114 Å². The second-order valence-electron chi connectivity index (χ2n) is 5.95. The highest BCUT2D eigenvalue weighted by molar-refractivity contribution is 5.38. The van der Waals surface area contributed by atoms with E-state index in [0.29, 0.717) is 0 Å². The minimum Gasteiger partial charge on any atom is -0.389 e. The highest BCUT2D eigenvalue weighted by Crippen LogP contribution is 2.33. The smallest absolute Gasteiger partial charge is 0.0768 e. The van der Waals surface area contributed by atoms with Crippen molar-refractivity contribution in [2.45, 2.75) is 38.7 Å². The van der Waals surface area contributed by atoms with Gasteiger partial charge in [-0.3, -0.25) is 0 Å². The molecule has 0 heterocycles. The van der Waals surface area contributed by atoms with E-state index in [9.17, 15) is 5.11 Å². The molecule has 1 aliphatic rings. The summed E-state index contributed by atoms with van der Waals surface area (Å²) in [6, 6.07) is 14.9. The van der Waals surface area contributed by atoms with Gasteiger partial charge in [0.1, 0.15) is 0 Å². The van der Waals surface area contributed by atoms with Gasteiger partial charge in [-0.2, -0.15) is 0 Å². The quantitative estimate of drug-likeness (QED) is 0.868. The van der Waals surface area contributed by atoms with Gasteiger partial charge in [-0.25, -0.2) is 0 Å². The first kappa shape index (κ1) is 12.4. The fourth-order valence-electron chi connectivity index (χ4n) is 3.14. The highest BCUT2D eigenvalue weighted by atomic mass is 16.3. The van der Waals surface area contributed by atoms with Crippen molar-refractivity contribution in [1.82, 2.24) is 0 Å². The molecule has 3 rings (SSSR count). The van der Waals surface area contributed by atoms with Gasteiger partial charge >= 0.3 is 0 Å². The van der Waals surface area contributed by atoms with Crippen LogP contribution in [0.4, 0.5) is 0 Å². The van der Waals surface area contributed by atoms with Crippen molar-refractivity contribution >= 4 is 0 Å². The monoisotopic (exact) mass is 252 g/mol. The Kier molecular flexibility index (Phi) is 2.94. The lowest BCUT2D eigenvalue weighted by atomic mass is 9.89. The van der Waals surface area contributed by atoms with Crippen LogP contribution < -0.4 is 0 Å². The van der Waals surface area contributed by atoms with Crippen LogP contribution >= 0.6 is 0 Å². The molecule has 0 atom stereocenters. The van der Waals surface area contributed by atoms with Gasteiger partial charge in [0.05, 0.1) is 5.60 Å². The first-order chi connectivity index (χ1) is 9.06. The molecule has 2 aromatic rings. The Morgan fingerprint density at radius 3 is 2.26 bits per heavy atom. The Bertz CT molecular complexity index is 588. The van der Waals surface area contributed by atoms with E-state index >= 15 is 0 Å². The van der Waals surface area contributed by atoms with Crippen LogP contribution in [0.15, 0.2) is 42.5 Å². The summed E-state index contributed by atoms with van der Waals surface area (Å²) in [5, 5.41) is 10.9. The zero-order valence-electron chi connectivity index (χ0n) is 11.6. The Morgan fingerprint density at radius 2 is 1.63 bits per heavy atom. The average Bonchev–Trinajstić information content (AvgIpc) is 2.69. The normalized spacial score (nSPS) is 16.4. The van der Waals surface area contributed by atoms with Crippen LogP contribution in [-0.2, 0) is 19.3 Å². The largest absolute Gasteiger partial charge is 0.389 e. The van der Waals surface area contributed by atoms with Crippen molar-refractivity contribution < 1.29 is 5.11 Å². The van der Waals surface area contributed by atoms with Crippen molar-refractivity contribution in [1.29, 1.82) is 0 Å². The van der Waals surface area contributed by atoms with Crippen LogP contribution in [0.25, 0.3) is 0 Å². The van der Waals surface area contributed by atoms with Crippen LogP contribution in [0.5, 0.6) is 0 Å². The lowest BCUT2D eigenvalue weighted by Gasteiger charge is -2.23. The van der Waals surface area contributed by atoms with Crippen LogP contribution in [0.2, 0.25) is 0 Å². The predicted octanol–water partition coefficient (Wildman–Crippen LogP) is 3.38. The molecular formula is C18H20O. The molecule has 0 unspecified atom stereocenters. The Balaban J connectivity index is 1.87. The summed E-state index contributed by atoms with van der Waals surface area (Å²) in [5.74, 6) is 0. The summed E-state index contributed by atoms with van der Waals surface area (Å²) < 4.78 is 0. The summed E-state index contributed by atoms with van der Waals surface area (Å²) in [5.41, 5.74) is 5.80. The van der Waals surface area contributed by atoms with Crippen molar-refractivity contribution in [3.8, 4) is 0 Å². The molecule has 0 aromatic heterocycles. The molecule has 0 fully saturated rings. The second-order valence-corrected chi connectivity index (χ2v) is 5.95. The Hall–Kier alpha value is -1.60. The van der Waals surface area contributed by atoms with E-state index in [1.165, 1.54) is 27.8 Å². The van der Waals surface area contributed by atoms with Gasteiger partial charge in [-0.1, -0.05) is 48.0 Å². The molecule has 0 spiro atoms. The maximum Gasteiger partial charge on any atom is 0.0768 e. The average molecular weight is 252 g/mol. The third-order valence-corrected chi connectivity index (χ3v) is 4.18. The molecule has 0 amide bonds. The van der Waals surface area contributed by atoms with Crippen molar-refractivity contribution in [2.24, 2.45) is 0 Å². The molecule has 1 N–H and O–H groups in total. The molecule has 0 saturated heterocycles. The summed E-state index contributed by atoms with van der Waals surface area (Å²) >= 11 is 0. The summed E-state index contributed by atoms with van der Waals surface area (Å²) in [7, 11) is 0. The number of aryl methyl sites for hydroxylation is 2. The van der Waals surface area contributed by atoms with E-state index in [0.717, 1.165) is 19.3 Å². The third-order valence-electron chi connectivity index (χ3n) is 4.18. The summed E-state index contributed by atoms with van der Waals surface area (Å²) in [6.07, 6.45) is 2.29. The fraction of sp³-hybridized carbons (Fsp3) is 0.333. The molecule has 1 heteroatoms. The van der Waals surface area contributed by atoms with E-state index in [1.807, 2.05) is 0 Å². The number of hydrogen-bond acceptors (Lipinski definition) is 1. The summed E-state index contributed by atoms with van der Waals surface area (Å²) in [6.45, 7) is 4.23. The van der Waals surface area contributed by atoms with Gasteiger partial charge < -0.3 is 5.11 Å². The van der Waals surface area contributed by atoms with Gasteiger partial charge in [0.25, 0.3) is 0 Å². The van der Waals surface area contributed by atoms with Crippen molar-refractivity contribution in [2.75, 3.05) is 0 Å². The summed E-state index contributed by atoms with van der Waals surface area (Å²) in [4.78, 5) is 0. The number of rotatable bonds is 2. The van der Waals surface area contributed by atoms with Gasteiger partial charge in [0.15, 0.2) is 0 Å². The standard InChI is InChI=1S/C18H20O/c1-13-7-8-14(2)17(9-13)12-18(19)10-15-5-3-4-6-16(15)11-18/h3-9,19H,10-12H2,1-2H3. The first-order valence-electron chi connectivity index (χ1n) is 6.91. The van der Waals surface area contributed by atoms with E-state index in [-0.39, 0.29) is 0 Å². The van der Waals surface area contributed by atoms with Crippen LogP contribution in [0.3, 0.4) is 0 Å². The fourth-order valence-corrected chi connectivity index (χ4v) is 3.14. The molecule has 2 aromatic carbocycles. The van der Waals surface area contributed by atoms with Crippen LogP contribution in [0.1, 0.15) is 27.8 Å². The van der Waals surface area contributed by atoms with Gasteiger partial charge in [0.2, 0.25) is 0 Å². The van der Waals surface area contributed by atoms with Crippen molar-refractivity contribution in [3.63, 3.8) is 0 Å². The molecule has 0 aliphatic heterocycles. The minimum absolute atomic E-state index is 0.609. The van der Waals surface area contributed by atoms with E-state index in [2.05, 4.69) is 56.3 Å². The number of aliphatic hydroxyl groups is 1. The molecule has 0 saturated carbocycles. The number of fused-ring (bicyclic) bond motifs is 1. The maximum atomic E-state index is 10.9. The van der Waals surface area contributed by atoms with Gasteiger partial charge in [-0.05, 0) is 36.1 Å². The van der Waals surface area contributed by atoms with Gasteiger partial charge in [0, 0.05) is 19.3 Å². The minimum atomic E-state index is -0.609. The number of hydrogen-bond donors (Lipinski definition) is 1. The Morgan fingerprint density at radius 1 is 1.00 bits per heavy atom. The van der Waals surface area contributed by atoms with E-state index in [4.69, 9.17) is 0 Å². The van der Waals surface area contributed by atoms with E-state index < -0.39 is 5.60 Å². The molecule has 98 valence electrons. The second kappa shape index (κ2) is 4.50.